The number of hydrogen-bond acceptors (Lipinski definition) is 2. The maximum atomic E-state index is 10.6. The smallest absolute Gasteiger partial charge is 0.249 e. The van der Waals surface area contributed by atoms with Crippen LogP contribution < -0.4 is 10.9 Å². The van der Waals surface area contributed by atoms with E-state index in [2.05, 4.69) is 10.3 Å². The topological polar surface area (TPSA) is 44.9 Å². The Hall–Kier alpha value is -1.25. The van der Waals surface area contributed by atoms with Crippen molar-refractivity contribution >= 4 is 5.82 Å². The number of pyridine rings is 1. The zero-order valence-electron chi connectivity index (χ0n) is 5.14. The maximum absolute atomic E-state index is 10.6. The summed E-state index contributed by atoms with van der Waals surface area (Å²) >= 11 is 0. The lowest BCUT2D eigenvalue weighted by Gasteiger charge is -1.94. The van der Waals surface area contributed by atoms with E-state index in [1.165, 1.54) is 6.07 Å². The van der Waals surface area contributed by atoms with Gasteiger partial charge in [0.2, 0.25) is 5.56 Å². The molecule has 48 valence electrons. The van der Waals surface area contributed by atoms with Crippen molar-refractivity contribution in [2.75, 3.05) is 12.4 Å². The lowest BCUT2D eigenvalue weighted by atomic mass is 10.5. The molecule has 0 atom stereocenters. The van der Waals surface area contributed by atoms with Crippen LogP contribution >= 0.6 is 0 Å². The summed E-state index contributed by atoms with van der Waals surface area (Å²) in [6.07, 6.45) is 0. The van der Waals surface area contributed by atoms with Gasteiger partial charge >= 0.3 is 0 Å². The molecular weight excluding hydrogens is 116 g/mol. The van der Waals surface area contributed by atoms with E-state index in [-0.39, 0.29) is 5.56 Å². The van der Waals surface area contributed by atoms with Crippen LogP contribution in [0.25, 0.3) is 0 Å². The van der Waals surface area contributed by atoms with Gasteiger partial charge in [0.1, 0.15) is 5.82 Å². The third-order valence-corrected chi connectivity index (χ3v) is 1.04. The fraction of sp³-hybridized carbons (Fsp3) is 0.167. The van der Waals surface area contributed by atoms with Gasteiger partial charge in [-0.1, -0.05) is 6.07 Å². The van der Waals surface area contributed by atoms with Gasteiger partial charge in [-0.15, -0.1) is 0 Å². The van der Waals surface area contributed by atoms with Crippen molar-refractivity contribution in [3.8, 4) is 0 Å². The van der Waals surface area contributed by atoms with Crippen LogP contribution in [0.4, 0.5) is 5.82 Å². The molecule has 0 spiro atoms. The minimum Gasteiger partial charge on any atom is -0.375 e. The molecule has 0 bridgehead atoms. The van der Waals surface area contributed by atoms with E-state index in [4.69, 9.17) is 0 Å². The number of aromatic amines is 1. The molecule has 3 heteroatoms. The van der Waals surface area contributed by atoms with Crippen molar-refractivity contribution in [3.05, 3.63) is 28.6 Å². The standard InChI is InChI=1S/C6H8N2O/c1-7-5-3-2-4-6(9)8-5/h2-4H,1H3,(H2,7,8,9). The van der Waals surface area contributed by atoms with Gasteiger partial charge < -0.3 is 10.3 Å². The van der Waals surface area contributed by atoms with E-state index in [1.807, 2.05) is 0 Å². The second kappa shape index (κ2) is 2.35. The molecule has 0 saturated carbocycles. The van der Waals surface area contributed by atoms with Crippen LogP contribution in [0.5, 0.6) is 0 Å². The van der Waals surface area contributed by atoms with Gasteiger partial charge in [0.05, 0.1) is 0 Å². The Morgan fingerprint density at radius 3 is 2.78 bits per heavy atom. The first-order chi connectivity index (χ1) is 4.33. The Kier molecular flexibility index (Phi) is 1.53. The van der Waals surface area contributed by atoms with Crippen LogP contribution in [0.3, 0.4) is 0 Å². The van der Waals surface area contributed by atoms with Crippen molar-refractivity contribution in [3.63, 3.8) is 0 Å². The highest BCUT2D eigenvalue weighted by Gasteiger charge is 1.83. The summed E-state index contributed by atoms with van der Waals surface area (Å²) in [4.78, 5) is 13.1. The highest BCUT2D eigenvalue weighted by atomic mass is 16.1. The van der Waals surface area contributed by atoms with Crippen LogP contribution in [-0.4, -0.2) is 12.0 Å². The van der Waals surface area contributed by atoms with Gasteiger partial charge in [-0.25, -0.2) is 0 Å². The van der Waals surface area contributed by atoms with Gasteiger partial charge in [-0.05, 0) is 6.07 Å². The zero-order valence-corrected chi connectivity index (χ0v) is 5.14. The first-order valence-electron chi connectivity index (χ1n) is 2.70. The van der Waals surface area contributed by atoms with E-state index in [1.54, 1.807) is 19.2 Å². The summed E-state index contributed by atoms with van der Waals surface area (Å²) in [5, 5.41) is 2.81. The van der Waals surface area contributed by atoms with Gasteiger partial charge in [0, 0.05) is 13.1 Å². The first kappa shape index (κ1) is 5.88. The van der Waals surface area contributed by atoms with Crippen molar-refractivity contribution in [2.24, 2.45) is 0 Å². The third-order valence-electron chi connectivity index (χ3n) is 1.04. The predicted molar refractivity (Wildman–Crippen MR) is 36.6 cm³/mol. The minimum absolute atomic E-state index is 0.0816. The van der Waals surface area contributed by atoms with Crippen LogP contribution in [0.15, 0.2) is 23.0 Å². The second-order valence-electron chi connectivity index (χ2n) is 1.68. The summed E-state index contributed by atoms with van der Waals surface area (Å²) in [5.41, 5.74) is -0.0816. The van der Waals surface area contributed by atoms with Crippen LogP contribution in [-0.2, 0) is 0 Å². The fourth-order valence-electron chi connectivity index (χ4n) is 0.594. The van der Waals surface area contributed by atoms with Crippen molar-refractivity contribution in [2.45, 2.75) is 0 Å². The van der Waals surface area contributed by atoms with Crippen LogP contribution in [0.2, 0.25) is 0 Å². The number of anilines is 1. The molecule has 0 aliphatic carbocycles. The summed E-state index contributed by atoms with van der Waals surface area (Å²) in [6, 6.07) is 4.97. The average Bonchev–Trinajstić information content (AvgIpc) is 1.88. The molecule has 2 N–H and O–H groups in total. The monoisotopic (exact) mass is 124 g/mol. The fourth-order valence-corrected chi connectivity index (χ4v) is 0.594. The van der Waals surface area contributed by atoms with Crippen molar-refractivity contribution < 1.29 is 0 Å². The molecule has 1 heterocycles. The van der Waals surface area contributed by atoms with E-state index in [0.29, 0.717) is 0 Å². The highest BCUT2D eigenvalue weighted by Crippen LogP contribution is 1.92. The Labute approximate surface area is 52.7 Å². The largest absolute Gasteiger partial charge is 0.375 e. The van der Waals surface area contributed by atoms with E-state index < -0.39 is 0 Å². The number of aromatic nitrogens is 1. The molecule has 0 fully saturated rings. The normalized spacial score (nSPS) is 9.00. The van der Waals surface area contributed by atoms with Gasteiger partial charge in [-0.2, -0.15) is 0 Å². The molecule has 0 aliphatic heterocycles. The van der Waals surface area contributed by atoms with Crippen LogP contribution in [0, 0.1) is 0 Å². The maximum Gasteiger partial charge on any atom is 0.249 e. The first-order valence-corrected chi connectivity index (χ1v) is 2.70. The SMILES string of the molecule is CNc1cccc(=O)[nH]1. The number of H-pyrrole nitrogens is 1. The lowest BCUT2D eigenvalue weighted by Crippen LogP contribution is -2.05. The molecule has 1 aromatic rings. The molecule has 9 heavy (non-hydrogen) atoms. The van der Waals surface area contributed by atoms with Gasteiger partial charge in [-0.3, -0.25) is 4.79 Å². The summed E-state index contributed by atoms with van der Waals surface area (Å²) in [5.74, 6) is 0.738. The molecule has 1 aromatic heterocycles. The molecule has 0 amide bonds. The number of nitrogens with one attached hydrogen (secondary N) is 2. The molecule has 0 unspecified atom stereocenters. The molecule has 3 nitrogen and oxygen atoms in total. The number of rotatable bonds is 1. The Morgan fingerprint density at radius 2 is 2.33 bits per heavy atom. The summed E-state index contributed by atoms with van der Waals surface area (Å²) in [6.45, 7) is 0. The molecule has 0 saturated heterocycles. The minimum atomic E-state index is -0.0816. The van der Waals surface area contributed by atoms with Gasteiger partial charge in [0.15, 0.2) is 0 Å². The molecule has 1 rings (SSSR count). The third kappa shape index (κ3) is 1.32. The van der Waals surface area contributed by atoms with Crippen molar-refractivity contribution in [1.29, 1.82) is 0 Å². The summed E-state index contributed by atoms with van der Waals surface area (Å²) < 4.78 is 0. The molecule has 0 aromatic carbocycles. The molecule has 0 aliphatic rings. The average molecular weight is 124 g/mol. The van der Waals surface area contributed by atoms with Crippen molar-refractivity contribution in [1.82, 2.24) is 4.98 Å². The van der Waals surface area contributed by atoms with Crippen LogP contribution in [0.1, 0.15) is 0 Å². The Bertz CT molecular complexity index is 241. The van der Waals surface area contributed by atoms with E-state index in [9.17, 15) is 4.79 Å². The Morgan fingerprint density at radius 1 is 1.56 bits per heavy atom. The lowest BCUT2D eigenvalue weighted by molar-refractivity contribution is 1.22. The quantitative estimate of drug-likeness (QED) is 0.569. The van der Waals surface area contributed by atoms with E-state index >= 15 is 0 Å². The highest BCUT2D eigenvalue weighted by molar-refractivity contribution is 5.31. The zero-order chi connectivity index (χ0) is 6.69. The predicted octanol–water partition coefficient (Wildman–Crippen LogP) is 0.417. The number of hydrogen-bond donors (Lipinski definition) is 2. The summed E-state index contributed by atoms with van der Waals surface area (Å²) in [7, 11) is 1.76. The molecule has 0 radical (unpaired) electrons. The second-order valence-corrected chi connectivity index (χ2v) is 1.68. The van der Waals surface area contributed by atoms with E-state index in [0.717, 1.165) is 5.82 Å². The Balaban J connectivity index is 3.08. The molecular formula is C6H8N2O. The van der Waals surface area contributed by atoms with Gasteiger partial charge in [0.25, 0.3) is 0 Å².